The summed E-state index contributed by atoms with van der Waals surface area (Å²) in [4.78, 5) is 29.4. The molecule has 0 aromatic carbocycles. The molecule has 6 heteroatoms. The number of aliphatic imine (C=N–C) groups is 2. The first-order valence-electron chi connectivity index (χ1n) is 13.6. The Balaban J connectivity index is 0.00000222. The van der Waals surface area contributed by atoms with Crippen LogP contribution < -0.4 is 10.5 Å². The first-order chi connectivity index (χ1) is 17.4. The maximum atomic E-state index is 13.0. The minimum absolute atomic E-state index is 0.0931. The van der Waals surface area contributed by atoms with Gasteiger partial charge in [0.15, 0.2) is 0 Å². The molecular weight excluding hydrogens is 446 g/mol. The van der Waals surface area contributed by atoms with Gasteiger partial charge < -0.3 is 4.90 Å². The Kier molecular flexibility index (Phi) is 11.8. The topological polar surface area (TPSA) is 62.3 Å². The number of hydrogen-bond donors (Lipinski definition) is 0. The lowest BCUT2D eigenvalue weighted by Gasteiger charge is -2.19. The second-order valence-electron chi connectivity index (χ2n) is 9.09. The van der Waals surface area contributed by atoms with Crippen molar-refractivity contribution in [1.82, 2.24) is 9.38 Å². The Morgan fingerprint density at radius 3 is 2.58 bits per heavy atom. The predicted octanol–water partition coefficient (Wildman–Crippen LogP) is 6.88. The average Bonchev–Trinajstić information content (AvgIpc) is 3.35. The van der Waals surface area contributed by atoms with Crippen LogP contribution in [0.5, 0.6) is 0 Å². The number of nitrogens with zero attached hydrogens (tertiary/aromatic N) is 5. The van der Waals surface area contributed by atoms with Gasteiger partial charge in [-0.1, -0.05) is 47.1 Å². The summed E-state index contributed by atoms with van der Waals surface area (Å²) in [6.45, 7) is 16.6. The van der Waals surface area contributed by atoms with Crippen molar-refractivity contribution < 1.29 is 0 Å². The standard InChI is InChI=1S/C28H39N5O.C2H6/c1-7-10-21(5)30-24(9-3)20(4)16-25(29-6)26-17-28(34)33-19-23(12-13-27(33)31-26)32-15-14-22(18-32)11-8-2;1-2/h10,12-13,16-17,19,22H,7-9,11,14-15,18H2,1-6H3;1-2H3/b20-16+,21-10-,29-25?,30-24+;/t22-;/m0./s1. The zero-order valence-electron chi connectivity index (χ0n) is 23.6. The number of anilines is 1. The molecule has 2 aromatic heterocycles. The zero-order chi connectivity index (χ0) is 26.7. The van der Waals surface area contributed by atoms with Crippen LogP contribution in [-0.4, -0.2) is 40.9 Å². The van der Waals surface area contributed by atoms with Gasteiger partial charge in [0.2, 0.25) is 0 Å². The summed E-state index contributed by atoms with van der Waals surface area (Å²) in [6.07, 6.45) is 11.5. The molecule has 1 saturated heterocycles. The molecule has 1 aliphatic heterocycles. The molecule has 3 heterocycles. The van der Waals surface area contributed by atoms with Crippen LogP contribution in [0.1, 0.15) is 86.3 Å². The summed E-state index contributed by atoms with van der Waals surface area (Å²) < 4.78 is 1.65. The number of hydrogen-bond acceptors (Lipinski definition) is 5. The minimum atomic E-state index is -0.0931. The van der Waals surface area contributed by atoms with Gasteiger partial charge in [-0.25, -0.2) is 4.98 Å². The third kappa shape index (κ3) is 7.49. The van der Waals surface area contributed by atoms with E-state index in [9.17, 15) is 4.79 Å². The Morgan fingerprint density at radius 2 is 1.94 bits per heavy atom. The number of fused-ring (bicyclic) bond motifs is 1. The van der Waals surface area contributed by atoms with Gasteiger partial charge in [0.05, 0.1) is 17.1 Å². The summed E-state index contributed by atoms with van der Waals surface area (Å²) >= 11 is 0. The number of rotatable bonds is 9. The highest BCUT2D eigenvalue weighted by atomic mass is 16.1. The van der Waals surface area contributed by atoms with Gasteiger partial charge in [0.1, 0.15) is 5.65 Å². The van der Waals surface area contributed by atoms with Crippen molar-refractivity contribution in [3.63, 3.8) is 0 Å². The summed E-state index contributed by atoms with van der Waals surface area (Å²) in [7, 11) is 1.73. The van der Waals surface area contributed by atoms with Crippen LogP contribution in [0.15, 0.2) is 62.6 Å². The molecule has 196 valence electrons. The van der Waals surface area contributed by atoms with Crippen LogP contribution in [0.2, 0.25) is 0 Å². The third-order valence-corrected chi connectivity index (χ3v) is 6.45. The molecule has 0 spiro atoms. The fraction of sp³-hybridized carbons (Fsp3) is 0.533. The highest BCUT2D eigenvalue weighted by Gasteiger charge is 2.22. The maximum Gasteiger partial charge on any atom is 0.258 e. The van der Waals surface area contributed by atoms with Gasteiger partial charge in [0, 0.05) is 43.8 Å². The van der Waals surface area contributed by atoms with Crippen LogP contribution in [0.25, 0.3) is 5.65 Å². The zero-order valence-corrected chi connectivity index (χ0v) is 23.6. The fourth-order valence-corrected chi connectivity index (χ4v) is 4.66. The smallest absolute Gasteiger partial charge is 0.258 e. The van der Waals surface area contributed by atoms with Crippen LogP contribution in [0.4, 0.5) is 5.69 Å². The average molecular weight is 492 g/mol. The lowest BCUT2D eigenvalue weighted by molar-refractivity contribution is 0.530. The third-order valence-electron chi connectivity index (χ3n) is 6.45. The Hall–Kier alpha value is -3.02. The summed E-state index contributed by atoms with van der Waals surface area (Å²) in [6, 6.07) is 5.60. The molecule has 0 saturated carbocycles. The molecular formula is C30H45N5O. The van der Waals surface area contributed by atoms with E-state index in [1.165, 1.54) is 19.3 Å². The van der Waals surface area contributed by atoms with Crippen molar-refractivity contribution in [3.8, 4) is 0 Å². The second-order valence-corrected chi connectivity index (χ2v) is 9.09. The number of pyridine rings is 1. The Bertz CT molecular complexity index is 1190. The van der Waals surface area contributed by atoms with Gasteiger partial charge in [-0.05, 0) is 69.2 Å². The molecule has 3 rings (SSSR count). The molecule has 0 bridgehead atoms. The highest BCUT2D eigenvalue weighted by Crippen LogP contribution is 2.26. The molecule has 1 aliphatic rings. The molecule has 36 heavy (non-hydrogen) atoms. The van der Waals surface area contributed by atoms with Gasteiger partial charge in [-0.3, -0.25) is 19.2 Å². The maximum absolute atomic E-state index is 13.0. The molecule has 0 amide bonds. The molecule has 0 aliphatic carbocycles. The number of allylic oxidation sites excluding steroid dienone is 4. The van der Waals surface area contributed by atoms with E-state index in [1.807, 2.05) is 46.0 Å². The molecule has 1 fully saturated rings. The summed E-state index contributed by atoms with van der Waals surface area (Å²) in [5.41, 5.74) is 5.94. The summed E-state index contributed by atoms with van der Waals surface area (Å²) in [5.74, 6) is 0.745. The molecule has 0 radical (unpaired) electrons. The van der Waals surface area contributed by atoms with Crippen LogP contribution in [0.3, 0.4) is 0 Å². The number of aromatic nitrogens is 2. The van der Waals surface area contributed by atoms with Crippen molar-refractivity contribution in [2.24, 2.45) is 15.9 Å². The van der Waals surface area contributed by atoms with E-state index >= 15 is 0 Å². The first kappa shape index (κ1) is 29.2. The van der Waals surface area contributed by atoms with Gasteiger partial charge in [-0.15, -0.1) is 0 Å². The predicted molar refractivity (Wildman–Crippen MR) is 156 cm³/mol. The van der Waals surface area contributed by atoms with E-state index in [-0.39, 0.29) is 5.56 Å². The van der Waals surface area contributed by atoms with E-state index in [0.29, 0.717) is 17.1 Å². The van der Waals surface area contributed by atoms with Crippen LogP contribution in [-0.2, 0) is 0 Å². The van der Waals surface area contributed by atoms with Crippen molar-refractivity contribution in [2.75, 3.05) is 25.0 Å². The van der Waals surface area contributed by atoms with Crippen molar-refractivity contribution >= 4 is 22.8 Å². The first-order valence-corrected chi connectivity index (χ1v) is 13.6. The minimum Gasteiger partial charge on any atom is -0.370 e. The lowest BCUT2D eigenvalue weighted by Crippen LogP contribution is -2.23. The Morgan fingerprint density at radius 1 is 1.19 bits per heavy atom. The SMILES string of the molecule is CC.CC\C=C(C)/N=C(CC)/C(C)=C/C(=NC)c1cc(=O)n2cc(N3CC[C@H](CCC)C3)ccc2n1. The molecule has 0 unspecified atom stereocenters. The van der Waals surface area contributed by atoms with Crippen molar-refractivity contribution in [2.45, 2.75) is 80.6 Å². The van der Waals surface area contributed by atoms with E-state index in [0.717, 1.165) is 54.5 Å². The van der Waals surface area contributed by atoms with Gasteiger partial charge in [0.25, 0.3) is 5.56 Å². The molecule has 2 aromatic rings. The monoisotopic (exact) mass is 491 g/mol. The Labute approximate surface area is 217 Å². The van der Waals surface area contributed by atoms with E-state index < -0.39 is 0 Å². The van der Waals surface area contributed by atoms with Crippen LogP contribution >= 0.6 is 0 Å². The quantitative estimate of drug-likeness (QED) is 0.359. The second kappa shape index (κ2) is 14.5. The normalized spacial score (nSPS) is 17.4. The largest absolute Gasteiger partial charge is 0.370 e. The van der Waals surface area contributed by atoms with Gasteiger partial charge in [-0.2, -0.15) is 0 Å². The van der Waals surface area contributed by atoms with E-state index in [2.05, 4.69) is 42.8 Å². The van der Waals surface area contributed by atoms with Crippen LogP contribution in [0, 0.1) is 5.92 Å². The molecule has 6 nitrogen and oxygen atoms in total. The van der Waals surface area contributed by atoms with E-state index in [4.69, 9.17) is 9.98 Å². The van der Waals surface area contributed by atoms with Crippen molar-refractivity contribution in [3.05, 3.63) is 63.9 Å². The van der Waals surface area contributed by atoms with Crippen molar-refractivity contribution in [1.29, 1.82) is 0 Å². The van der Waals surface area contributed by atoms with E-state index in [1.54, 1.807) is 17.5 Å². The summed E-state index contributed by atoms with van der Waals surface area (Å²) in [5, 5.41) is 0. The molecule has 1 atom stereocenters. The fourth-order valence-electron chi connectivity index (χ4n) is 4.66. The highest BCUT2D eigenvalue weighted by molar-refractivity contribution is 6.13. The lowest BCUT2D eigenvalue weighted by atomic mass is 10.0. The molecule has 0 N–H and O–H groups in total. The van der Waals surface area contributed by atoms with Gasteiger partial charge >= 0.3 is 0 Å².